The van der Waals surface area contributed by atoms with Gasteiger partial charge in [-0.15, -0.1) is 0 Å². The van der Waals surface area contributed by atoms with Crippen molar-refractivity contribution >= 4 is 17.7 Å². The van der Waals surface area contributed by atoms with Crippen molar-refractivity contribution in [2.45, 2.75) is 82.1 Å². The standard InChI is InChI=1S/C19H31N5O3/c1-19(9-3-4-13(25)10-19)24-17-15(16(20)26)11-21-18(23-17)22-12-5-7-14(27-2)8-6-12/h11-14,25H,3-10H2,1-2H3,(H2,20,26)(H2,21,22,23,24)/t12?,13?,14?,19-/m1/s1. The molecule has 1 heterocycles. The van der Waals surface area contributed by atoms with Crippen molar-refractivity contribution in [3.63, 3.8) is 0 Å². The Hall–Kier alpha value is -1.93. The number of primary amides is 1. The van der Waals surface area contributed by atoms with Gasteiger partial charge in [-0.05, 0) is 58.3 Å². The van der Waals surface area contributed by atoms with Gasteiger partial charge in [0.2, 0.25) is 5.95 Å². The van der Waals surface area contributed by atoms with E-state index < -0.39 is 5.91 Å². The first-order valence-corrected chi connectivity index (χ1v) is 9.81. The minimum absolute atomic E-state index is 0.268. The SMILES string of the molecule is COC1CCC(Nc2ncc(C(N)=O)c(N[C@]3(C)CCCC(O)C3)n2)CC1. The Morgan fingerprint density at radius 1 is 1.33 bits per heavy atom. The molecule has 0 saturated heterocycles. The Balaban J connectivity index is 1.74. The lowest BCUT2D eigenvalue weighted by molar-refractivity contribution is 0.0681. The number of aliphatic hydroxyl groups is 1. The fourth-order valence-corrected chi connectivity index (χ4v) is 4.20. The van der Waals surface area contributed by atoms with Gasteiger partial charge in [-0.3, -0.25) is 4.79 Å². The lowest BCUT2D eigenvalue weighted by atomic mass is 9.81. The number of hydrogen-bond donors (Lipinski definition) is 4. The Morgan fingerprint density at radius 2 is 2.07 bits per heavy atom. The van der Waals surface area contributed by atoms with Crippen LogP contribution < -0.4 is 16.4 Å². The average molecular weight is 377 g/mol. The van der Waals surface area contributed by atoms with Crippen LogP contribution in [0.1, 0.15) is 68.6 Å². The van der Waals surface area contributed by atoms with E-state index in [0.29, 0.717) is 24.3 Å². The van der Waals surface area contributed by atoms with Gasteiger partial charge in [-0.1, -0.05) is 0 Å². The number of hydrogen-bond acceptors (Lipinski definition) is 7. The molecule has 1 aromatic heterocycles. The third-order valence-electron chi connectivity index (χ3n) is 5.77. The number of methoxy groups -OCH3 is 1. The Labute approximate surface area is 160 Å². The number of nitrogens with zero attached hydrogens (tertiary/aromatic N) is 2. The van der Waals surface area contributed by atoms with Crippen LogP contribution in [0.4, 0.5) is 11.8 Å². The third-order valence-corrected chi connectivity index (χ3v) is 5.77. The fraction of sp³-hybridized carbons (Fsp3) is 0.737. The molecule has 8 nitrogen and oxygen atoms in total. The zero-order chi connectivity index (χ0) is 19.4. The molecule has 0 spiro atoms. The molecule has 150 valence electrons. The van der Waals surface area contributed by atoms with Gasteiger partial charge < -0.3 is 26.2 Å². The number of nitrogens with two attached hydrogens (primary N) is 1. The number of aliphatic hydroxyl groups excluding tert-OH is 1. The maximum atomic E-state index is 11.8. The number of rotatable bonds is 6. The van der Waals surface area contributed by atoms with Crippen LogP contribution in [0.2, 0.25) is 0 Å². The second kappa shape index (κ2) is 8.39. The van der Waals surface area contributed by atoms with Crippen molar-refractivity contribution in [3.05, 3.63) is 11.8 Å². The monoisotopic (exact) mass is 377 g/mol. The van der Waals surface area contributed by atoms with Gasteiger partial charge in [-0.2, -0.15) is 4.98 Å². The van der Waals surface area contributed by atoms with Gasteiger partial charge in [0.25, 0.3) is 5.91 Å². The quantitative estimate of drug-likeness (QED) is 0.598. The first-order valence-electron chi connectivity index (χ1n) is 9.81. The Kier molecular flexibility index (Phi) is 6.16. The molecular formula is C19H31N5O3. The minimum Gasteiger partial charge on any atom is -0.393 e. The first-order chi connectivity index (χ1) is 12.9. The van der Waals surface area contributed by atoms with Crippen molar-refractivity contribution in [2.24, 2.45) is 5.73 Å². The van der Waals surface area contributed by atoms with Crippen LogP contribution in [0.15, 0.2) is 6.20 Å². The molecule has 2 fully saturated rings. The summed E-state index contributed by atoms with van der Waals surface area (Å²) < 4.78 is 5.41. The maximum absolute atomic E-state index is 11.8. The summed E-state index contributed by atoms with van der Waals surface area (Å²) in [6, 6.07) is 0.288. The normalized spacial score (nSPS) is 31.3. The van der Waals surface area contributed by atoms with E-state index in [2.05, 4.69) is 20.6 Å². The number of amides is 1. The molecule has 1 amide bonds. The maximum Gasteiger partial charge on any atom is 0.254 e. The molecule has 8 heteroatoms. The zero-order valence-electron chi connectivity index (χ0n) is 16.2. The fourth-order valence-electron chi connectivity index (χ4n) is 4.20. The second-order valence-corrected chi connectivity index (χ2v) is 8.11. The number of carbonyl (C=O) groups excluding carboxylic acids is 1. The van der Waals surface area contributed by atoms with Crippen molar-refractivity contribution in [1.82, 2.24) is 9.97 Å². The van der Waals surface area contributed by atoms with Crippen LogP contribution >= 0.6 is 0 Å². The lowest BCUT2D eigenvalue weighted by Gasteiger charge is -2.37. The molecule has 1 unspecified atom stereocenters. The van der Waals surface area contributed by atoms with Gasteiger partial charge in [-0.25, -0.2) is 4.98 Å². The van der Waals surface area contributed by atoms with Crippen LogP contribution in [0, 0.1) is 0 Å². The predicted octanol–water partition coefficient (Wildman–Crippen LogP) is 2.05. The number of anilines is 2. The van der Waals surface area contributed by atoms with Gasteiger partial charge >= 0.3 is 0 Å². The Bertz CT molecular complexity index is 663. The third kappa shape index (κ3) is 5.07. The summed E-state index contributed by atoms with van der Waals surface area (Å²) >= 11 is 0. The summed E-state index contributed by atoms with van der Waals surface area (Å²) in [4.78, 5) is 20.6. The van der Waals surface area contributed by atoms with Gasteiger partial charge in [0.1, 0.15) is 5.82 Å². The van der Waals surface area contributed by atoms with E-state index in [1.165, 1.54) is 6.20 Å². The Morgan fingerprint density at radius 3 is 2.70 bits per heavy atom. The zero-order valence-corrected chi connectivity index (χ0v) is 16.2. The van der Waals surface area contributed by atoms with Crippen LogP contribution in [-0.2, 0) is 4.74 Å². The summed E-state index contributed by atoms with van der Waals surface area (Å²) in [5.41, 5.74) is 5.45. The van der Waals surface area contributed by atoms with E-state index >= 15 is 0 Å². The predicted molar refractivity (Wildman–Crippen MR) is 104 cm³/mol. The first kappa shape index (κ1) is 19.8. The highest BCUT2D eigenvalue weighted by Crippen LogP contribution is 2.32. The summed E-state index contributed by atoms with van der Waals surface area (Å²) in [5.74, 6) is 0.357. The number of carbonyl (C=O) groups is 1. The lowest BCUT2D eigenvalue weighted by Crippen LogP contribution is -2.42. The largest absolute Gasteiger partial charge is 0.393 e. The average Bonchev–Trinajstić information content (AvgIpc) is 2.61. The number of ether oxygens (including phenoxy) is 1. The molecular weight excluding hydrogens is 346 g/mol. The van der Waals surface area contributed by atoms with Crippen molar-refractivity contribution in [1.29, 1.82) is 0 Å². The van der Waals surface area contributed by atoms with Gasteiger partial charge in [0.05, 0.1) is 17.8 Å². The molecule has 2 saturated carbocycles. The minimum atomic E-state index is -0.565. The highest BCUT2D eigenvalue weighted by atomic mass is 16.5. The smallest absolute Gasteiger partial charge is 0.254 e. The highest BCUT2D eigenvalue weighted by Gasteiger charge is 2.33. The summed E-state index contributed by atoms with van der Waals surface area (Å²) in [5, 5.41) is 16.8. The summed E-state index contributed by atoms with van der Waals surface area (Å²) in [7, 11) is 1.75. The molecule has 0 bridgehead atoms. The van der Waals surface area contributed by atoms with E-state index in [4.69, 9.17) is 10.5 Å². The molecule has 2 aliphatic carbocycles. The van der Waals surface area contributed by atoms with E-state index in [9.17, 15) is 9.90 Å². The van der Waals surface area contributed by atoms with Crippen molar-refractivity contribution < 1.29 is 14.6 Å². The van der Waals surface area contributed by atoms with E-state index in [1.807, 2.05) is 6.92 Å². The molecule has 0 aromatic carbocycles. The molecule has 2 aliphatic rings. The van der Waals surface area contributed by atoms with Crippen LogP contribution in [0.3, 0.4) is 0 Å². The molecule has 27 heavy (non-hydrogen) atoms. The van der Waals surface area contributed by atoms with Crippen molar-refractivity contribution in [2.75, 3.05) is 17.7 Å². The molecule has 2 atom stereocenters. The topological polar surface area (TPSA) is 122 Å². The molecule has 3 rings (SSSR count). The molecule has 0 radical (unpaired) electrons. The number of nitrogens with one attached hydrogen (secondary N) is 2. The van der Waals surface area contributed by atoms with E-state index in [1.54, 1.807) is 7.11 Å². The van der Waals surface area contributed by atoms with Gasteiger partial charge in [0, 0.05) is 24.9 Å². The van der Waals surface area contributed by atoms with Crippen LogP contribution in [-0.4, -0.2) is 51.9 Å². The van der Waals surface area contributed by atoms with Crippen LogP contribution in [0.5, 0.6) is 0 Å². The van der Waals surface area contributed by atoms with E-state index in [-0.39, 0.29) is 23.2 Å². The molecule has 5 N–H and O–H groups in total. The summed E-state index contributed by atoms with van der Waals surface area (Å²) in [6.45, 7) is 2.04. The van der Waals surface area contributed by atoms with E-state index in [0.717, 1.165) is 44.9 Å². The molecule has 0 aliphatic heterocycles. The van der Waals surface area contributed by atoms with Crippen molar-refractivity contribution in [3.8, 4) is 0 Å². The highest BCUT2D eigenvalue weighted by molar-refractivity contribution is 5.97. The summed E-state index contributed by atoms with van der Waals surface area (Å²) in [6.07, 6.45) is 8.70. The number of aromatic nitrogens is 2. The molecule has 1 aromatic rings. The van der Waals surface area contributed by atoms with Gasteiger partial charge in [0.15, 0.2) is 0 Å². The van der Waals surface area contributed by atoms with Crippen LogP contribution in [0.25, 0.3) is 0 Å². The second-order valence-electron chi connectivity index (χ2n) is 8.11.